The molecule has 0 saturated heterocycles. The first kappa shape index (κ1) is 12.2. The third kappa shape index (κ3) is 2.54. The highest BCUT2D eigenvalue weighted by Crippen LogP contribution is 2.18. The van der Waals surface area contributed by atoms with Gasteiger partial charge in [-0.05, 0) is 31.1 Å². The second kappa shape index (κ2) is 4.94. The second-order valence-electron chi connectivity index (χ2n) is 3.80. The zero-order valence-corrected chi connectivity index (χ0v) is 10.8. The highest BCUT2D eigenvalue weighted by atomic mass is 35.5. The lowest BCUT2D eigenvalue weighted by molar-refractivity contribution is 1.13. The molecule has 0 radical (unpaired) electrons. The fourth-order valence-corrected chi connectivity index (χ4v) is 2.03. The molecule has 17 heavy (non-hydrogen) atoms. The van der Waals surface area contributed by atoms with E-state index in [0.29, 0.717) is 12.0 Å². The zero-order valence-electron chi connectivity index (χ0n) is 9.26. The fourth-order valence-electron chi connectivity index (χ4n) is 1.87. The molecule has 0 aliphatic rings. The van der Waals surface area contributed by atoms with Crippen LogP contribution in [0.25, 0.3) is 10.9 Å². The summed E-state index contributed by atoms with van der Waals surface area (Å²) in [5.41, 5.74) is 2.42. The van der Waals surface area contributed by atoms with Crippen LogP contribution < -0.4 is 5.56 Å². The van der Waals surface area contributed by atoms with E-state index in [2.05, 4.69) is 4.98 Å². The van der Waals surface area contributed by atoms with Gasteiger partial charge in [0, 0.05) is 16.5 Å². The van der Waals surface area contributed by atoms with E-state index in [1.54, 1.807) is 6.08 Å². The summed E-state index contributed by atoms with van der Waals surface area (Å²) in [5, 5.41) is 1.04. The molecule has 0 bridgehead atoms. The minimum absolute atomic E-state index is 0.0907. The number of pyridine rings is 1. The van der Waals surface area contributed by atoms with Gasteiger partial charge in [-0.2, -0.15) is 0 Å². The van der Waals surface area contributed by atoms with E-state index in [0.717, 1.165) is 16.5 Å². The van der Waals surface area contributed by atoms with Crippen LogP contribution in [0.4, 0.5) is 0 Å². The Morgan fingerprint density at radius 3 is 2.76 bits per heavy atom. The number of rotatable bonds is 2. The number of fused-ring (bicyclic) bond motifs is 1. The zero-order chi connectivity index (χ0) is 12.4. The maximum atomic E-state index is 11.9. The first-order chi connectivity index (χ1) is 8.09. The van der Waals surface area contributed by atoms with Crippen LogP contribution in [0.2, 0.25) is 0 Å². The van der Waals surface area contributed by atoms with E-state index >= 15 is 0 Å². The summed E-state index contributed by atoms with van der Waals surface area (Å²) in [6, 6.07) is 7.71. The van der Waals surface area contributed by atoms with E-state index in [9.17, 15) is 4.79 Å². The van der Waals surface area contributed by atoms with Crippen molar-refractivity contribution in [2.75, 3.05) is 0 Å². The van der Waals surface area contributed by atoms with Crippen LogP contribution >= 0.6 is 23.2 Å². The van der Waals surface area contributed by atoms with Gasteiger partial charge in [0.25, 0.3) is 5.56 Å². The van der Waals surface area contributed by atoms with Crippen LogP contribution in [0, 0.1) is 6.92 Å². The largest absolute Gasteiger partial charge is 0.322 e. The van der Waals surface area contributed by atoms with Crippen molar-refractivity contribution in [1.82, 2.24) is 4.98 Å². The molecule has 4 heteroatoms. The Morgan fingerprint density at radius 2 is 2.06 bits per heavy atom. The number of para-hydroxylation sites is 1. The molecule has 1 heterocycles. The molecule has 0 aliphatic heterocycles. The van der Waals surface area contributed by atoms with Crippen molar-refractivity contribution in [3.8, 4) is 0 Å². The lowest BCUT2D eigenvalue weighted by Crippen LogP contribution is -2.14. The number of hydrogen-bond acceptors (Lipinski definition) is 1. The number of nitrogens with one attached hydrogen (secondary N) is 1. The molecule has 88 valence electrons. The minimum Gasteiger partial charge on any atom is -0.322 e. The van der Waals surface area contributed by atoms with Gasteiger partial charge in [0.2, 0.25) is 0 Å². The smallest absolute Gasteiger partial charge is 0.252 e. The van der Waals surface area contributed by atoms with Gasteiger partial charge < -0.3 is 4.98 Å². The Balaban J connectivity index is 2.64. The van der Waals surface area contributed by atoms with E-state index in [1.807, 2.05) is 31.2 Å². The van der Waals surface area contributed by atoms with Crippen LogP contribution in [-0.4, -0.2) is 4.98 Å². The molecule has 0 saturated carbocycles. The maximum Gasteiger partial charge on any atom is 0.252 e. The predicted octanol–water partition coefficient (Wildman–Crippen LogP) is 3.70. The molecule has 2 nitrogen and oxygen atoms in total. The van der Waals surface area contributed by atoms with Crippen molar-refractivity contribution in [3.05, 3.63) is 56.3 Å². The number of allylic oxidation sites excluding steroid dienone is 1. The van der Waals surface area contributed by atoms with Gasteiger partial charge in [-0.15, -0.1) is 0 Å². The SMILES string of the molecule is Cc1c(CC=C(Cl)Cl)c(=O)[nH]c2ccccc12. The molecule has 0 atom stereocenters. The summed E-state index contributed by atoms with van der Waals surface area (Å²) in [5.74, 6) is 0. The van der Waals surface area contributed by atoms with Crippen LogP contribution in [-0.2, 0) is 6.42 Å². The summed E-state index contributed by atoms with van der Waals surface area (Å²) in [6.45, 7) is 1.93. The highest BCUT2D eigenvalue weighted by Gasteiger charge is 2.07. The van der Waals surface area contributed by atoms with Gasteiger partial charge in [-0.1, -0.05) is 41.4 Å². The lowest BCUT2D eigenvalue weighted by Gasteiger charge is -2.06. The van der Waals surface area contributed by atoms with Crippen molar-refractivity contribution >= 4 is 34.1 Å². The molecule has 1 N–H and O–H groups in total. The number of halogens is 2. The summed E-state index contributed by atoms with van der Waals surface area (Å²) < 4.78 is 0.178. The van der Waals surface area contributed by atoms with E-state index in [1.165, 1.54) is 0 Å². The van der Waals surface area contributed by atoms with Crippen molar-refractivity contribution in [2.45, 2.75) is 13.3 Å². The highest BCUT2D eigenvalue weighted by molar-refractivity contribution is 6.55. The maximum absolute atomic E-state index is 11.9. The number of H-pyrrole nitrogens is 1. The van der Waals surface area contributed by atoms with Crippen molar-refractivity contribution in [3.63, 3.8) is 0 Å². The van der Waals surface area contributed by atoms with Crippen molar-refractivity contribution < 1.29 is 0 Å². The van der Waals surface area contributed by atoms with E-state index in [4.69, 9.17) is 23.2 Å². The van der Waals surface area contributed by atoms with Gasteiger partial charge in [-0.25, -0.2) is 0 Å². The summed E-state index contributed by atoms with van der Waals surface area (Å²) in [4.78, 5) is 14.7. The van der Waals surface area contributed by atoms with E-state index in [-0.39, 0.29) is 10.1 Å². The fraction of sp³-hybridized carbons (Fsp3) is 0.154. The Kier molecular flexibility index (Phi) is 3.55. The van der Waals surface area contributed by atoms with Crippen LogP contribution in [0.1, 0.15) is 11.1 Å². The number of aryl methyl sites for hydroxylation is 1. The predicted molar refractivity (Wildman–Crippen MR) is 72.8 cm³/mol. The summed E-state index contributed by atoms with van der Waals surface area (Å²) in [7, 11) is 0. The van der Waals surface area contributed by atoms with E-state index < -0.39 is 0 Å². The Bertz CT molecular complexity index is 639. The molecule has 0 unspecified atom stereocenters. The Morgan fingerprint density at radius 1 is 1.35 bits per heavy atom. The Labute approximate surface area is 109 Å². The van der Waals surface area contributed by atoms with Crippen LogP contribution in [0.15, 0.2) is 39.6 Å². The molecule has 1 aromatic carbocycles. The average molecular weight is 268 g/mol. The van der Waals surface area contributed by atoms with Gasteiger partial charge in [0.15, 0.2) is 0 Å². The van der Waals surface area contributed by atoms with Gasteiger partial charge in [-0.3, -0.25) is 4.79 Å². The van der Waals surface area contributed by atoms with Gasteiger partial charge in [0.05, 0.1) is 0 Å². The number of aromatic amines is 1. The quantitative estimate of drug-likeness (QED) is 0.885. The van der Waals surface area contributed by atoms with Crippen LogP contribution in [0.3, 0.4) is 0 Å². The normalized spacial score (nSPS) is 10.5. The molecule has 0 fully saturated rings. The average Bonchev–Trinajstić information content (AvgIpc) is 2.28. The third-order valence-corrected chi connectivity index (χ3v) is 3.08. The standard InChI is InChI=1S/C13H11Cl2NO/c1-8-9-4-2-3-5-11(9)16-13(17)10(8)6-7-12(14)15/h2-5,7H,6H2,1H3,(H,16,17). The number of aromatic nitrogens is 1. The third-order valence-electron chi connectivity index (χ3n) is 2.77. The van der Waals surface area contributed by atoms with Gasteiger partial charge >= 0.3 is 0 Å². The van der Waals surface area contributed by atoms with Crippen LogP contribution in [0.5, 0.6) is 0 Å². The van der Waals surface area contributed by atoms with Crippen molar-refractivity contribution in [2.24, 2.45) is 0 Å². The molecule has 0 aliphatic carbocycles. The monoisotopic (exact) mass is 267 g/mol. The molecule has 0 spiro atoms. The molecular weight excluding hydrogens is 257 g/mol. The second-order valence-corrected chi connectivity index (χ2v) is 4.81. The molecule has 1 aromatic heterocycles. The Hall–Kier alpha value is -1.25. The molecule has 2 aromatic rings. The topological polar surface area (TPSA) is 32.9 Å². The van der Waals surface area contributed by atoms with Crippen molar-refractivity contribution in [1.29, 1.82) is 0 Å². The number of benzene rings is 1. The summed E-state index contributed by atoms with van der Waals surface area (Å²) >= 11 is 11.1. The lowest BCUT2D eigenvalue weighted by atomic mass is 10.0. The number of hydrogen-bond donors (Lipinski definition) is 1. The summed E-state index contributed by atoms with van der Waals surface area (Å²) in [6.07, 6.45) is 2.06. The first-order valence-corrected chi connectivity index (χ1v) is 5.97. The molecule has 2 rings (SSSR count). The first-order valence-electron chi connectivity index (χ1n) is 5.21. The minimum atomic E-state index is -0.0907. The molecular formula is C13H11Cl2NO. The van der Waals surface area contributed by atoms with Gasteiger partial charge in [0.1, 0.15) is 4.49 Å². The molecule has 0 amide bonds.